The molecule has 182 valence electrons. The van der Waals surface area contributed by atoms with E-state index in [9.17, 15) is 13.2 Å². The number of nitrogens with two attached hydrogens (primary N) is 2. The van der Waals surface area contributed by atoms with Crippen molar-refractivity contribution < 1.29 is 13.2 Å². The van der Waals surface area contributed by atoms with Gasteiger partial charge in [-0.15, -0.1) is 0 Å². The van der Waals surface area contributed by atoms with Crippen LogP contribution in [-0.4, -0.2) is 42.3 Å². The van der Waals surface area contributed by atoms with E-state index in [4.69, 9.17) is 10.9 Å². The second-order valence-corrected chi connectivity index (χ2v) is 10.9. The van der Waals surface area contributed by atoms with Crippen molar-refractivity contribution in [2.24, 2.45) is 11.1 Å². The molecule has 0 saturated heterocycles. The van der Waals surface area contributed by atoms with Gasteiger partial charge in [0.25, 0.3) is 0 Å². The number of aromatic nitrogens is 2. The molecule has 0 spiro atoms. The van der Waals surface area contributed by atoms with Gasteiger partial charge in [0.1, 0.15) is 0 Å². The smallest absolute Gasteiger partial charge is 0.238 e. The summed E-state index contributed by atoms with van der Waals surface area (Å²) in [6.07, 6.45) is 10.8. The van der Waals surface area contributed by atoms with Crippen molar-refractivity contribution in [1.29, 1.82) is 0 Å². The van der Waals surface area contributed by atoms with Crippen LogP contribution < -0.4 is 10.9 Å². The summed E-state index contributed by atoms with van der Waals surface area (Å²) in [4.78, 5) is 23.5. The number of benzene rings is 1. The number of amides is 1. The Labute approximate surface area is 201 Å². The molecule has 2 aromatic rings. The van der Waals surface area contributed by atoms with Crippen LogP contribution in [0.4, 0.5) is 5.95 Å². The molecule has 1 aliphatic heterocycles. The number of carbonyl (C=O) groups excluding carboxylic acids is 1. The number of nitrogen functional groups attached to an aromatic ring is 1. The molecule has 1 aromatic heterocycles. The third-order valence-corrected chi connectivity index (χ3v) is 7.70. The highest BCUT2D eigenvalue weighted by molar-refractivity contribution is 7.89. The molecule has 9 heteroatoms. The van der Waals surface area contributed by atoms with Crippen LogP contribution in [0.25, 0.3) is 5.57 Å². The molecule has 1 saturated carbocycles. The van der Waals surface area contributed by atoms with Crippen LogP contribution in [0, 0.1) is 5.92 Å². The number of primary sulfonamides is 1. The minimum absolute atomic E-state index is 0.115. The molecular weight excluding hydrogens is 450 g/mol. The normalized spacial score (nSPS) is 17.1. The lowest BCUT2D eigenvalue weighted by Crippen LogP contribution is -2.35. The van der Waals surface area contributed by atoms with E-state index in [-0.39, 0.29) is 16.8 Å². The Balaban J connectivity index is 1.33. The van der Waals surface area contributed by atoms with Crippen molar-refractivity contribution in [2.45, 2.75) is 62.7 Å². The fourth-order valence-corrected chi connectivity index (χ4v) is 5.36. The fraction of sp³-hybridized carbons (Fsp3) is 0.480. The van der Waals surface area contributed by atoms with Gasteiger partial charge in [0.15, 0.2) is 0 Å². The van der Waals surface area contributed by atoms with Crippen molar-refractivity contribution >= 4 is 27.5 Å². The average molecular weight is 484 g/mol. The summed E-state index contributed by atoms with van der Waals surface area (Å²) in [5.74, 6) is 1.08. The van der Waals surface area contributed by atoms with Gasteiger partial charge in [-0.1, -0.05) is 31.1 Å². The van der Waals surface area contributed by atoms with Crippen LogP contribution in [0.5, 0.6) is 0 Å². The zero-order valence-electron chi connectivity index (χ0n) is 19.4. The molecular formula is C25H33N5O3S. The van der Waals surface area contributed by atoms with Crippen LogP contribution >= 0.6 is 0 Å². The summed E-state index contributed by atoms with van der Waals surface area (Å²) < 4.78 is 22.8. The molecule has 0 bridgehead atoms. The first-order valence-corrected chi connectivity index (χ1v) is 13.5. The quantitative estimate of drug-likeness (QED) is 0.593. The first kappa shape index (κ1) is 24.3. The predicted octanol–water partition coefficient (Wildman–Crippen LogP) is 3.08. The lowest BCUT2D eigenvalue weighted by Gasteiger charge is -2.27. The molecule has 0 unspecified atom stereocenters. The predicted molar refractivity (Wildman–Crippen MR) is 132 cm³/mol. The van der Waals surface area contributed by atoms with Crippen LogP contribution in [0.2, 0.25) is 0 Å². The van der Waals surface area contributed by atoms with Gasteiger partial charge >= 0.3 is 0 Å². The number of rotatable bonds is 8. The van der Waals surface area contributed by atoms with Gasteiger partial charge in [-0.2, -0.15) is 0 Å². The largest absolute Gasteiger partial charge is 0.368 e. The standard InChI is InChI=1S/C25H33N5O3S/c26-25-28-21(7-3-6-18-8-10-22(11-9-18)34(27,32)33)17-23(29-25)20-12-14-30(15-13-20)24(31)16-19-4-1-2-5-19/h8-12,17,19H,1-7,13-16H2,(H2,26,28,29)(H2,27,32,33). The second-order valence-electron chi connectivity index (χ2n) is 9.32. The van der Waals surface area contributed by atoms with Crippen molar-refractivity contribution in [3.05, 3.63) is 53.4 Å². The molecule has 34 heavy (non-hydrogen) atoms. The summed E-state index contributed by atoms with van der Waals surface area (Å²) in [7, 11) is -3.68. The first-order valence-electron chi connectivity index (χ1n) is 12.0. The fourth-order valence-electron chi connectivity index (χ4n) is 4.85. The second kappa shape index (κ2) is 10.7. The maximum absolute atomic E-state index is 12.6. The van der Waals surface area contributed by atoms with Crippen molar-refractivity contribution in [2.75, 3.05) is 18.8 Å². The van der Waals surface area contributed by atoms with Crippen LogP contribution in [-0.2, 0) is 27.7 Å². The zero-order chi connectivity index (χ0) is 24.1. The SMILES string of the molecule is Nc1nc(CCCc2ccc(S(N)(=O)=O)cc2)cc(C2=CCN(C(=O)CC3CCCC3)CC2)n1. The van der Waals surface area contributed by atoms with E-state index in [2.05, 4.69) is 16.0 Å². The topological polar surface area (TPSA) is 132 Å². The number of aryl methyl sites for hydroxylation is 2. The van der Waals surface area contributed by atoms with Crippen LogP contribution in [0.1, 0.15) is 61.9 Å². The lowest BCUT2D eigenvalue weighted by atomic mass is 10.00. The third-order valence-electron chi connectivity index (χ3n) is 6.78. The van der Waals surface area contributed by atoms with Gasteiger partial charge in [-0.3, -0.25) is 4.79 Å². The Bertz CT molecular complexity index is 1160. The summed E-state index contributed by atoms with van der Waals surface area (Å²) in [5, 5.41) is 5.15. The van der Waals surface area contributed by atoms with E-state index in [0.29, 0.717) is 25.4 Å². The van der Waals surface area contributed by atoms with E-state index < -0.39 is 10.0 Å². The zero-order valence-corrected chi connectivity index (χ0v) is 20.3. The van der Waals surface area contributed by atoms with Gasteiger partial charge in [0, 0.05) is 25.2 Å². The van der Waals surface area contributed by atoms with Gasteiger partial charge in [-0.25, -0.2) is 23.5 Å². The van der Waals surface area contributed by atoms with E-state index in [0.717, 1.165) is 48.2 Å². The first-order chi connectivity index (χ1) is 16.3. The molecule has 4 rings (SSSR count). The number of anilines is 1. The van der Waals surface area contributed by atoms with Crippen LogP contribution in [0.3, 0.4) is 0 Å². The molecule has 0 radical (unpaired) electrons. The molecule has 0 atom stereocenters. The minimum Gasteiger partial charge on any atom is -0.368 e. The minimum atomic E-state index is -3.68. The number of carbonyl (C=O) groups is 1. The van der Waals surface area contributed by atoms with E-state index >= 15 is 0 Å². The number of nitrogens with zero attached hydrogens (tertiary/aromatic N) is 3. The Hall–Kier alpha value is -2.78. The van der Waals surface area contributed by atoms with Crippen LogP contribution in [0.15, 0.2) is 41.3 Å². The average Bonchev–Trinajstić information content (AvgIpc) is 3.32. The van der Waals surface area contributed by atoms with Crippen molar-refractivity contribution in [3.8, 4) is 0 Å². The molecule has 2 aliphatic rings. The molecule has 1 aliphatic carbocycles. The highest BCUT2D eigenvalue weighted by Crippen LogP contribution is 2.29. The molecule has 4 N–H and O–H groups in total. The lowest BCUT2D eigenvalue weighted by molar-refractivity contribution is -0.131. The summed E-state index contributed by atoms with van der Waals surface area (Å²) in [6, 6.07) is 8.62. The number of hydrogen-bond donors (Lipinski definition) is 2. The molecule has 1 aromatic carbocycles. The van der Waals surface area contributed by atoms with Gasteiger partial charge < -0.3 is 10.6 Å². The molecule has 1 fully saturated rings. The molecule has 2 heterocycles. The Kier molecular flexibility index (Phi) is 7.63. The maximum Gasteiger partial charge on any atom is 0.238 e. The van der Waals surface area contributed by atoms with E-state index in [1.54, 1.807) is 12.1 Å². The molecule has 1 amide bonds. The third kappa shape index (κ3) is 6.42. The highest BCUT2D eigenvalue weighted by Gasteiger charge is 2.24. The molecule has 8 nitrogen and oxygen atoms in total. The summed E-state index contributed by atoms with van der Waals surface area (Å²) >= 11 is 0. The summed E-state index contributed by atoms with van der Waals surface area (Å²) in [5.41, 5.74) is 9.85. The Morgan fingerprint density at radius 1 is 1.09 bits per heavy atom. The summed E-state index contributed by atoms with van der Waals surface area (Å²) in [6.45, 7) is 1.33. The maximum atomic E-state index is 12.6. The van der Waals surface area contributed by atoms with E-state index in [1.807, 2.05) is 11.0 Å². The number of hydrogen-bond acceptors (Lipinski definition) is 6. The van der Waals surface area contributed by atoms with Crippen molar-refractivity contribution in [1.82, 2.24) is 14.9 Å². The Morgan fingerprint density at radius 3 is 2.47 bits per heavy atom. The van der Waals surface area contributed by atoms with Crippen molar-refractivity contribution in [3.63, 3.8) is 0 Å². The van der Waals surface area contributed by atoms with Gasteiger partial charge in [0.2, 0.25) is 21.9 Å². The Morgan fingerprint density at radius 2 is 1.82 bits per heavy atom. The highest BCUT2D eigenvalue weighted by atomic mass is 32.2. The van der Waals surface area contributed by atoms with Gasteiger partial charge in [0.05, 0.1) is 10.6 Å². The monoisotopic (exact) mass is 483 g/mol. The van der Waals surface area contributed by atoms with Gasteiger partial charge in [-0.05, 0) is 73.8 Å². The number of sulfonamides is 1. The van der Waals surface area contributed by atoms with E-state index in [1.165, 1.54) is 37.8 Å².